The Balaban J connectivity index is 1.69. The van der Waals surface area contributed by atoms with Crippen molar-refractivity contribution in [1.29, 1.82) is 0 Å². The van der Waals surface area contributed by atoms with E-state index in [-0.39, 0.29) is 11.7 Å². The fourth-order valence-electron chi connectivity index (χ4n) is 2.64. The Morgan fingerprint density at radius 2 is 1.96 bits per heavy atom. The number of nitrogens with zero attached hydrogens (tertiary/aromatic N) is 1. The van der Waals surface area contributed by atoms with Crippen LogP contribution in [0.2, 0.25) is 0 Å². The SMILES string of the molecule is Cc1ccc2oc(-c3ccc(C)c(NC(=O)c4ccco4)c3)nc2c1. The van der Waals surface area contributed by atoms with Gasteiger partial charge in [0.15, 0.2) is 11.3 Å². The molecule has 2 aromatic heterocycles. The lowest BCUT2D eigenvalue weighted by atomic mass is 10.1. The van der Waals surface area contributed by atoms with E-state index in [9.17, 15) is 4.79 Å². The molecule has 0 aliphatic heterocycles. The van der Waals surface area contributed by atoms with Crippen LogP contribution in [0.1, 0.15) is 21.7 Å². The van der Waals surface area contributed by atoms with Crippen LogP contribution in [-0.4, -0.2) is 10.9 Å². The van der Waals surface area contributed by atoms with Gasteiger partial charge in [0.1, 0.15) is 5.52 Å². The number of benzene rings is 2. The molecule has 5 nitrogen and oxygen atoms in total. The summed E-state index contributed by atoms with van der Waals surface area (Å²) in [7, 11) is 0. The third-order valence-electron chi connectivity index (χ3n) is 4.02. The Hall–Kier alpha value is -3.34. The maximum atomic E-state index is 12.2. The molecule has 0 unspecified atom stereocenters. The largest absolute Gasteiger partial charge is 0.459 e. The second kappa shape index (κ2) is 5.94. The standard InChI is InChI=1S/C20H16N2O3/c1-12-5-8-17-16(10-12)22-20(25-17)14-7-6-13(2)15(11-14)21-19(23)18-4-3-9-24-18/h3-11H,1-2H3,(H,21,23). The monoisotopic (exact) mass is 332 g/mol. The van der Waals surface area contributed by atoms with Gasteiger partial charge in [-0.2, -0.15) is 0 Å². The van der Waals surface area contributed by atoms with E-state index >= 15 is 0 Å². The van der Waals surface area contributed by atoms with Crippen molar-refractivity contribution in [2.45, 2.75) is 13.8 Å². The molecule has 25 heavy (non-hydrogen) atoms. The van der Waals surface area contributed by atoms with Crippen LogP contribution in [0.25, 0.3) is 22.6 Å². The quantitative estimate of drug-likeness (QED) is 0.576. The molecule has 0 bridgehead atoms. The maximum absolute atomic E-state index is 12.2. The van der Waals surface area contributed by atoms with Crippen molar-refractivity contribution < 1.29 is 13.6 Å². The topological polar surface area (TPSA) is 68.3 Å². The summed E-state index contributed by atoms with van der Waals surface area (Å²) in [4.78, 5) is 16.8. The molecular formula is C20H16N2O3. The first-order chi connectivity index (χ1) is 12.1. The van der Waals surface area contributed by atoms with Crippen LogP contribution in [0.3, 0.4) is 0 Å². The van der Waals surface area contributed by atoms with Crippen LogP contribution < -0.4 is 5.32 Å². The van der Waals surface area contributed by atoms with E-state index in [1.54, 1.807) is 12.1 Å². The molecular weight excluding hydrogens is 316 g/mol. The predicted octanol–water partition coefficient (Wildman–Crippen LogP) is 4.96. The summed E-state index contributed by atoms with van der Waals surface area (Å²) in [5.74, 6) is 0.495. The molecule has 0 fully saturated rings. The number of hydrogen-bond donors (Lipinski definition) is 1. The number of fused-ring (bicyclic) bond motifs is 1. The molecule has 0 saturated carbocycles. The molecule has 5 heteroatoms. The van der Waals surface area contributed by atoms with Crippen LogP contribution in [0.4, 0.5) is 5.69 Å². The summed E-state index contributed by atoms with van der Waals surface area (Å²) in [5, 5.41) is 2.86. The van der Waals surface area contributed by atoms with E-state index < -0.39 is 0 Å². The molecule has 1 amide bonds. The Morgan fingerprint density at radius 3 is 2.76 bits per heavy atom. The highest BCUT2D eigenvalue weighted by atomic mass is 16.3. The first-order valence-corrected chi connectivity index (χ1v) is 7.93. The highest BCUT2D eigenvalue weighted by Crippen LogP contribution is 2.28. The van der Waals surface area contributed by atoms with Crippen molar-refractivity contribution in [1.82, 2.24) is 4.98 Å². The Bertz CT molecular complexity index is 1060. The van der Waals surface area contributed by atoms with Gasteiger partial charge in [0.2, 0.25) is 5.89 Å². The molecule has 0 atom stereocenters. The lowest BCUT2D eigenvalue weighted by Crippen LogP contribution is -2.11. The van der Waals surface area contributed by atoms with Crippen molar-refractivity contribution in [3.63, 3.8) is 0 Å². The number of carbonyl (C=O) groups excluding carboxylic acids is 1. The van der Waals surface area contributed by atoms with Crippen LogP contribution in [0, 0.1) is 13.8 Å². The van der Waals surface area contributed by atoms with Crippen molar-refractivity contribution in [2.75, 3.05) is 5.32 Å². The summed E-state index contributed by atoms with van der Waals surface area (Å²) in [6.07, 6.45) is 1.47. The lowest BCUT2D eigenvalue weighted by Gasteiger charge is -2.08. The molecule has 4 aromatic rings. The number of oxazole rings is 1. The number of furan rings is 1. The van der Waals surface area contributed by atoms with Crippen LogP contribution >= 0.6 is 0 Å². The minimum Gasteiger partial charge on any atom is -0.459 e. The van der Waals surface area contributed by atoms with Crippen LogP contribution in [0.15, 0.2) is 63.6 Å². The molecule has 2 heterocycles. The molecule has 4 rings (SSSR count). The van der Waals surface area contributed by atoms with Crippen molar-refractivity contribution in [2.24, 2.45) is 0 Å². The zero-order valence-corrected chi connectivity index (χ0v) is 13.9. The fourth-order valence-corrected chi connectivity index (χ4v) is 2.64. The molecule has 0 spiro atoms. The summed E-state index contributed by atoms with van der Waals surface area (Å²) in [5.41, 5.74) is 5.11. The highest BCUT2D eigenvalue weighted by Gasteiger charge is 2.13. The molecule has 0 aliphatic carbocycles. The molecule has 2 aromatic carbocycles. The number of carbonyl (C=O) groups is 1. The number of aryl methyl sites for hydroxylation is 2. The van der Waals surface area contributed by atoms with Gasteiger partial charge in [-0.05, 0) is 61.4 Å². The summed E-state index contributed by atoms with van der Waals surface area (Å²) in [6, 6.07) is 14.9. The zero-order chi connectivity index (χ0) is 17.4. The zero-order valence-electron chi connectivity index (χ0n) is 13.9. The normalized spacial score (nSPS) is 11.0. The Labute approximate surface area is 144 Å². The predicted molar refractivity (Wildman–Crippen MR) is 95.6 cm³/mol. The molecule has 0 aliphatic rings. The van der Waals surface area contributed by atoms with Gasteiger partial charge in [0.25, 0.3) is 5.91 Å². The number of hydrogen-bond acceptors (Lipinski definition) is 4. The van der Waals surface area contributed by atoms with Gasteiger partial charge in [-0.25, -0.2) is 4.98 Å². The summed E-state index contributed by atoms with van der Waals surface area (Å²) < 4.78 is 11.0. The third-order valence-corrected chi connectivity index (χ3v) is 4.02. The minimum absolute atomic E-state index is 0.266. The summed E-state index contributed by atoms with van der Waals surface area (Å²) >= 11 is 0. The first-order valence-electron chi connectivity index (χ1n) is 7.93. The number of aromatic nitrogens is 1. The van der Waals surface area contributed by atoms with Gasteiger partial charge in [0, 0.05) is 11.3 Å². The van der Waals surface area contributed by atoms with E-state index in [0.717, 1.165) is 27.8 Å². The van der Waals surface area contributed by atoms with Crippen LogP contribution in [0.5, 0.6) is 0 Å². The fraction of sp³-hybridized carbons (Fsp3) is 0.100. The van der Waals surface area contributed by atoms with Gasteiger partial charge in [0.05, 0.1) is 6.26 Å². The van der Waals surface area contributed by atoms with Gasteiger partial charge in [-0.3, -0.25) is 4.79 Å². The van der Waals surface area contributed by atoms with E-state index in [1.807, 2.05) is 50.2 Å². The smallest absolute Gasteiger partial charge is 0.291 e. The maximum Gasteiger partial charge on any atom is 0.291 e. The van der Waals surface area contributed by atoms with Crippen molar-refractivity contribution in [3.05, 3.63) is 71.7 Å². The van der Waals surface area contributed by atoms with Gasteiger partial charge >= 0.3 is 0 Å². The number of amides is 1. The third kappa shape index (κ3) is 2.92. The first kappa shape index (κ1) is 15.2. The van der Waals surface area contributed by atoms with E-state index in [2.05, 4.69) is 10.3 Å². The Kier molecular flexibility index (Phi) is 3.61. The van der Waals surface area contributed by atoms with Gasteiger partial charge < -0.3 is 14.2 Å². The second-order valence-electron chi connectivity index (χ2n) is 5.95. The van der Waals surface area contributed by atoms with Gasteiger partial charge in [-0.15, -0.1) is 0 Å². The lowest BCUT2D eigenvalue weighted by molar-refractivity contribution is 0.0996. The Morgan fingerprint density at radius 1 is 1.08 bits per heavy atom. The van der Waals surface area contributed by atoms with Crippen molar-refractivity contribution in [3.8, 4) is 11.5 Å². The van der Waals surface area contributed by atoms with E-state index in [1.165, 1.54) is 6.26 Å². The second-order valence-corrected chi connectivity index (χ2v) is 5.95. The average Bonchev–Trinajstić information content (AvgIpc) is 3.25. The summed E-state index contributed by atoms with van der Waals surface area (Å²) in [6.45, 7) is 3.94. The number of anilines is 1. The molecule has 0 saturated heterocycles. The minimum atomic E-state index is -0.293. The van der Waals surface area contributed by atoms with Crippen molar-refractivity contribution >= 4 is 22.7 Å². The van der Waals surface area contributed by atoms with Crippen LogP contribution in [-0.2, 0) is 0 Å². The highest BCUT2D eigenvalue weighted by molar-refractivity contribution is 6.03. The molecule has 1 N–H and O–H groups in total. The number of rotatable bonds is 3. The number of nitrogens with one attached hydrogen (secondary N) is 1. The van der Waals surface area contributed by atoms with Gasteiger partial charge in [-0.1, -0.05) is 12.1 Å². The molecule has 0 radical (unpaired) electrons. The van der Waals surface area contributed by atoms with E-state index in [4.69, 9.17) is 8.83 Å². The van der Waals surface area contributed by atoms with E-state index in [0.29, 0.717) is 11.6 Å². The molecule has 124 valence electrons. The average molecular weight is 332 g/mol.